The summed E-state index contributed by atoms with van der Waals surface area (Å²) >= 11 is 7.08. The van der Waals surface area contributed by atoms with Crippen molar-refractivity contribution < 1.29 is 28.9 Å². The molecule has 0 saturated carbocycles. The third-order valence-electron chi connectivity index (χ3n) is 4.46. The van der Waals surface area contributed by atoms with E-state index in [0.717, 1.165) is 11.8 Å². The van der Waals surface area contributed by atoms with E-state index >= 15 is 0 Å². The zero-order valence-electron chi connectivity index (χ0n) is 18.3. The summed E-state index contributed by atoms with van der Waals surface area (Å²) in [6.45, 7) is 4.10. The van der Waals surface area contributed by atoms with Crippen LogP contribution in [0, 0.1) is 0 Å². The lowest BCUT2D eigenvalue weighted by atomic mass is 10.1. The molecule has 1 N–H and O–H groups in total. The number of nitrogens with zero attached hydrogens (tertiary/aromatic N) is 1. The molecular formula is C24H22ClNO6S. The minimum atomic E-state index is -0.777. The number of carbonyl (C=O) groups excluding carboxylic acids is 2. The Hall–Kier alpha value is -3.23. The highest BCUT2D eigenvalue weighted by Crippen LogP contribution is 2.40. The Balaban J connectivity index is 2.02. The van der Waals surface area contributed by atoms with Crippen molar-refractivity contribution in [3.63, 3.8) is 0 Å². The highest BCUT2D eigenvalue weighted by Gasteiger charge is 2.34. The van der Waals surface area contributed by atoms with Gasteiger partial charge in [0.1, 0.15) is 16.4 Å². The highest BCUT2D eigenvalue weighted by atomic mass is 35.5. The molecule has 0 aliphatic carbocycles. The van der Waals surface area contributed by atoms with E-state index in [2.05, 4.69) is 4.99 Å². The van der Waals surface area contributed by atoms with Crippen LogP contribution in [0.3, 0.4) is 0 Å². The SMILES string of the molecule is CCOC(=O)C1=C(O)/C(=C/c2ccc(OCC)c(OC)c2)SC1=NC(=O)c1ccccc1Cl. The lowest BCUT2D eigenvalue weighted by Gasteiger charge is -2.09. The lowest BCUT2D eigenvalue weighted by molar-refractivity contribution is -0.138. The zero-order valence-corrected chi connectivity index (χ0v) is 19.8. The maximum absolute atomic E-state index is 12.7. The van der Waals surface area contributed by atoms with Crippen molar-refractivity contribution in [2.45, 2.75) is 13.8 Å². The van der Waals surface area contributed by atoms with Crippen LogP contribution in [0.4, 0.5) is 0 Å². The number of esters is 1. The molecule has 1 heterocycles. The van der Waals surface area contributed by atoms with Crippen LogP contribution >= 0.6 is 23.4 Å². The Labute approximate surface area is 200 Å². The molecule has 2 aromatic carbocycles. The largest absolute Gasteiger partial charge is 0.506 e. The molecule has 0 bridgehead atoms. The fraction of sp³-hybridized carbons (Fsp3) is 0.208. The average Bonchev–Trinajstić information content (AvgIpc) is 3.09. The molecule has 33 heavy (non-hydrogen) atoms. The van der Waals surface area contributed by atoms with E-state index in [0.29, 0.717) is 28.6 Å². The first-order valence-corrected chi connectivity index (χ1v) is 11.3. The van der Waals surface area contributed by atoms with Gasteiger partial charge < -0.3 is 19.3 Å². The van der Waals surface area contributed by atoms with Crippen LogP contribution in [0.2, 0.25) is 5.02 Å². The van der Waals surface area contributed by atoms with Crippen molar-refractivity contribution in [1.82, 2.24) is 0 Å². The van der Waals surface area contributed by atoms with Crippen LogP contribution in [0.1, 0.15) is 29.8 Å². The quantitative estimate of drug-likeness (QED) is 0.519. The van der Waals surface area contributed by atoms with E-state index in [9.17, 15) is 14.7 Å². The number of amides is 1. The fourth-order valence-electron chi connectivity index (χ4n) is 2.98. The number of ether oxygens (including phenoxy) is 3. The van der Waals surface area contributed by atoms with Gasteiger partial charge >= 0.3 is 5.97 Å². The molecule has 0 spiro atoms. The predicted molar refractivity (Wildman–Crippen MR) is 129 cm³/mol. The van der Waals surface area contributed by atoms with Gasteiger partial charge in [-0.2, -0.15) is 0 Å². The van der Waals surface area contributed by atoms with E-state index in [4.69, 9.17) is 25.8 Å². The Morgan fingerprint density at radius 1 is 1.12 bits per heavy atom. The van der Waals surface area contributed by atoms with Gasteiger partial charge in [-0.25, -0.2) is 9.79 Å². The molecule has 0 fully saturated rings. The molecule has 172 valence electrons. The average molecular weight is 488 g/mol. The maximum atomic E-state index is 12.7. The summed E-state index contributed by atoms with van der Waals surface area (Å²) < 4.78 is 16.0. The van der Waals surface area contributed by atoms with Crippen molar-refractivity contribution in [2.24, 2.45) is 4.99 Å². The van der Waals surface area contributed by atoms with Gasteiger partial charge in [-0.3, -0.25) is 4.79 Å². The van der Waals surface area contributed by atoms with Gasteiger partial charge in [0.2, 0.25) is 0 Å². The van der Waals surface area contributed by atoms with Gasteiger partial charge in [0, 0.05) is 0 Å². The van der Waals surface area contributed by atoms with Crippen LogP contribution in [-0.4, -0.2) is 42.4 Å². The van der Waals surface area contributed by atoms with Crippen LogP contribution in [0.25, 0.3) is 6.08 Å². The van der Waals surface area contributed by atoms with Crippen LogP contribution < -0.4 is 9.47 Å². The Kier molecular flexibility index (Phi) is 8.19. The number of carbonyl (C=O) groups is 2. The molecule has 0 unspecified atom stereocenters. The molecule has 3 rings (SSSR count). The third-order valence-corrected chi connectivity index (χ3v) is 5.81. The zero-order chi connectivity index (χ0) is 24.0. The van der Waals surface area contributed by atoms with Crippen molar-refractivity contribution in [3.8, 4) is 11.5 Å². The molecule has 0 saturated heterocycles. The van der Waals surface area contributed by atoms with Crippen LogP contribution in [0.5, 0.6) is 11.5 Å². The number of methoxy groups -OCH3 is 1. The summed E-state index contributed by atoms with van der Waals surface area (Å²) in [7, 11) is 1.53. The van der Waals surface area contributed by atoms with Crippen molar-refractivity contribution in [2.75, 3.05) is 20.3 Å². The number of hydrogen-bond donors (Lipinski definition) is 1. The Morgan fingerprint density at radius 3 is 2.55 bits per heavy atom. The molecule has 0 atom stereocenters. The minimum absolute atomic E-state index is 0.0278. The van der Waals surface area contributed by atoms with Crippen molar-refractivity contribution >= 4 is 46.4 Å². The summed E-state index contributed by atoms with van der Waals surface area (Å²) in [5.74, 6) is -0.633. The Morgan fingerprint density at radius 2 is 1.88 bits per heavy atom. The number of aliphatic imine (C=N–C) groups is 1. The summed E-state index contributed by atoms with van der Waals surface area (Å²) in [5.41, 5.74) is 0.696. The normalized spacial score (nSPS) is 15.8. The van der Waals surface area contributed by atoms with E-state index < -0.39 is 11.9 Å². The number of thioether (sulfide) groups is 1. The van der Waals surface area contributed by atoms with Gasteiger partial charge in [-0.05, 0) is 49.8 Å². The van der Waals surface area contributed by atoms with Gasteiger partial charge in [-0.1, -0.05) is 41.6 Å². The highest BCUT2D eigenvalue weighted by molar-refractivity contribution is 8.18. The summed E-state index contributed by atoms with van der Waals surface area (Å²) in [4.78, 5) is 29.6. The molecule has 1 amide bonds. The predicted octanol–water partition coefficient (Wildman–Crippen LogP) is 5.45. The molecule has 0 radical (unpaired) electrons. The van der Waals surface area contributed by atoms with Crippen molar-refractivity contribution in [1.29, 1.82) is 0 Å². The molecule has 1 aliphatic rings. The lowest BCUT2D eigenvalue weighted by Crippen LogP contribution is -2.14. The number of hydrogen-bond acceptors (Lipinski definition) is 7. The third kappa shape index (κ3) is 5.58. The van der Waals surface area contributed by atoms with Crippen molar-refractivity contribution in [3.05, 3.63) is 74.9 Å². The molecule has 7 nitrogen and oxygen atoms in total. The first-order valence-electron chi connectivity index (χ1n) is 10.1. The number of benzene rings is 2. The van der Waals surface area contributed by atoms with Gasteiger partial charge in [0.05, 0.1) is 35.8 Å². The number of halogens is 1. The van der Waals surface area contributed by atoms with Gasteiger partial charge in [-0.15, -0.1) is 0 Å². The van der Waals surface area contributed by atoms with E-state index in [1.807, 2.05) is 6.92 Å². The Bertz CT molecular complexity index is 1170. The number of rotatable bonds is 7. The second kappa shape index (κ2) is 11.1. The molecular weight excluding hydrogens is 466 g/mol. The number of aliphatic hydroxyl groups is 1. The van der Waals surface area contributed by atoms with E-state index in [1.54, 1.807) is 49.4 Å². The van der Waals surface area contributed by atoms with Crippen LogP contribution in [-0.2, 0) is 9.53 Å². The first kappa shape index (κ1) is 24.4. The van der Waals surface area contributed by atoms with Crippen LogP contribution in [0.15, 0.2) is 63.7 Å². The molecule has 9 heteroatoms. The smallest absolute Gasteiger partial charge is 0.344 e. The van der Waals surface area contributed by atoms with Gasteiger partial charge in [0.25, 0.3) is 5.91 Å². The summed E-state index contributed by atoms with van der Waals surface area (Å²) in [6, 6.07) is 11.7. The first-order chi connectivity index (χ1) is 15.9. The second-order valence-corrected chi connectivity index (χ2v) is 8.04. The standard InChI is InChI=1S/C24H22ClNO6S/c1-4-31-17-11-10-14(12-18(17)30-3)13-19-21(27)20(24(29)32-5-2)23(33-19)26-22(28)15-8-6-7-9-16(15)25/h6-13,27H,4-5H2,1-3H3/b19-13-,26-23?. The topological polar surface area (TPSA) is 94.4 Å². The second-order valence-electron chi connectivity index (χ2n) is 6.60. The van der Waals surface area contributed by atoms with E-state index in [-0.39, 0.29) is 33.6 Å². The number of aliphatic hydroxyl groups excluding tert-OH is 1. The maximum Gasteiger partial charge on any atom is 0.344 e. The van der Waals surface area contributed by atoms with E-state index in [1.165, 1.54) is 13.2 Å². The fourth-order valence-corrected chi connectivity index (χ4v) is 4.21. The monoisotopic (exact) mass is 487 g/mol. The summed E-state index contributed by atoms with van der Waals surface area (Å²) in [6.07, 6.45) is 1.65. The van der Waals surface area contributed by atoms with Gasteiger partial charge in [0.15, 0.2) is 11.5 Å². The minimum Gasteiger partial charge on any atom is -0.506 e. The molecule has 1 aliphatic heterocycles. The molecule has 2 aromatic rings. The molecule has 0 aromatic heterocycles. The summed E-state index contributed by atoms with van der Waals surface area (Å²) in [5, 5.41) is 11.1.